The molecule has 0 aliphatic carbocycles. The van der Waals surface area contributed by atoms with Crippen molar-refractivity contribution < 1.29 is 24.8 Å². The molecule has 6 heteroatoms. The van der Waals surface area contributed by atoms with Crippen LogP contribution in [0.3, 0.4) is 0 Å². The van der Waals surface area contributed by atoms with Gasteiger partial charge in [-0.15, -0.1) is 0 Å². The number of hydrogen-bond donors (Lipinski definition) is 4. The van der Waals surface area contributed by atoms with Gasteiger partial charge in [0.25, 0.3) is 0 Å². The van der Waals surface area contributed by atoms with E-state index in [1.54, 1.807) is 24.3 Å². The minimum absolute atomic E-state index is 0.0506. The molecule has 0 amide bonds. The Morgan fingerprint density at radius 3 is 2.38 bits per heavy atom. The second-order valence-corrected chi connectivity index (χ2v) is 4.55. The third-order valence-electron chi connectivity index (χ3n) is 3.10. The van der Waals surface area contributed by atoms with E-state index in [1.165, 1.54) is 6.07 Å². The first kappa shape index (κ1) is 15.2. The van der Waals surface area contributed by atoms with Gasteiger partial charge in [0.1, 0.15) is 30.1 Å². The summed E-state index contributed by atoms with van der Waals surface area (Å²) < 4.78 is 5.44. The standard InChI is InChI=1S/C15H15NO5/c16-7-10-6-12(14(20)13(19)11(18)8-17)21-15(10)9-4-2-1-3-5-9/h1-6,11,13-14,17-20H,8H2. The quantitative estimate of drug-likeness (QED) is 0.639. The van der Waals surface area contributed by atoms with Crippen LogP contribution in [-0.4, -0.2) is 39.2 Å². The molecule has 110 valence electrons. The van der Waals surface area contributed by atoms with E-state index in [0.29, 0.717) is 5.56 Å². The Kier molecular flexibility index (Phi) is 4.73. The summed E-state index contributed by atoms with van der Waals surface area (Å²) in [6.45, 7) is -0.699. The van der Waals surface area contributed by atoms with Gasteiger partial charge in [-0.3, -0.25) is 0 Å². The van der Waals surface area contributed by atoms with Crippen molar-refractivity contribution in [3.63, 3.8) is 0 Å². The van der Waals surface area contributed by atoms with E-state index in [-0.39, 0.29) is 17.1 Å². The summed E-state index contributed by atoms with van der Waals surface area (Å²) >= 11 is 0. The Morgan fingerprint density at radius 2 is 1.81 bits per heavy atom. The Hall–Kier alpha value is -2.17. The number of furan rings is 1. The second kappa shape index (κ2) is 6.52. The van der Waals surface area contributed by atoms with Crippen LogP contribution in [0.2, 0.25) is 0 Å². The van der Waals surface area contributed by atoms with Crippen LogP contribution >= 0.6 is 0 Å². The number of aliphatic hydroxyl groups excluding tert-OH is 4. The lowest BCUT2D eigenvalue weighted by molar-refractivity contribution is -0.0834. The number of hydrogen-bond acceptors (Lipinski definition) is 6. The summed E-state index contributed by atoms with van der Waals surface area (Å²) in [6.07, 6.45) is -4.66. The van der Waals surface area contributed by atoms with Crippen LogP contribution in [0.25, 0.3) is 11.3 Å². The Bertz CT molecular complexity index is 631. The van der Waals surface area contributed by atoms with Crippen molar-refractivity contribution in [3.05, 3.63) is 47.7 Å². The molecule has 2 aromatic rings. The summed E-state index contributed by atoms with van der Waals surface area (Å²) in [7, 11) is 0. The fourth-order valence-electron chi connectivity index (χ4n) is 1.93. The Balaban J connectivity index is 2.36. The highest BCUT2D eigenvalue weighted by molar-refractivity contribution is 5.65. The van der Waals surface area contributed by atoms with Crippen molar-refractivity contribution in [2.75, 3.05) is 6.61 Å². The monoisotopic (exact) mass is 289 g/mol. The van der Waals surface area contributed by atoms with E-state index >= 15 is 0 Å². The molecule has 0 fully saturated rings. The zero-order valence-electron chi connectivity index (χ0n) is 11.0. The van der Waals surface area contributed by atoms with Crippen LogP contribution < -0.4 is 0 Å². The summed E-state index contributed by atoms with van der Waals surface area (Å²) in [5.74, 6) is 0.225. The first-order valence-electron chi connectivity index (χ1n) is 6.32. The molecular weight excluding hydrogens is 274 g/mol. The number of aliphatic hydroxyl groups is 4. The van der Waals surface area contributed by atoms with Crippen LogP contribution in [0.1, 0.15) is 17.4 Å². The van der Waals surface area contributed by atoms with Crippen LogP contribution in [0.15, 0.2) is 40.8 Å². The van der Waals surface area contributed by atoms with Gasteiger partial charge in [0.15, 0.2) is 5.76 Å². The number of nitriles is 1. The molecule has 4 N–H and O–H groups in total. The van der Waals surface area contributed by atoms with Gasteiger partial charge in [-0.1, -0.05) is 30.3 Å². The average molecular weight is 289 g/mol. The molecule has 3 atom stereocenters. The fraction of sp³-hybridized carbons (Fsp3) is 0.267. The van der Waals surface area contributed by atoms with Crippen molar-refractivity contribution in [1.29, 1.82) is 5.26 Å². The second-order valence-electron chi connectivity index (χ2n) is 4.55. The van der Waals surface area contributed by atoms with E-state index in [2.05, 4.69) is 0 Å². The molecule has 3 unspecified atom stereocenters. The van der Waals surface area contributed by atoms with E-state index in [1.807, 2.05) is 12.1 Å². The summed E-state index contributed by atoms with van der Waals surface area (Å²) in [5.41, 5.74) is 0.866. The van der Waals surface area contributed by atoms with Crippen molar-refractivity contribution in [2.24, 2.45) is 0 Å². The van der Waals surface area contributed by atoms with E-state index in [0.717, 1.165) is 0 Å². The van der Waals surface area contributed by atoms with Gasteiger partial charge in [-0.25, -0.2) is 0 Å². The molecule has 1 aromatic heterocycles. The molecule has 0 saturated carbocycles. The predicted octanol–water partition coefficient (Wildman–Crippen LogP) is 0.566. The number of nitrogens with zero attached hydrogens (tertiary/aromatic N) is 1. The maximum absolute atomic E-state index is 9.95. The third kappa shape index (κ3) is 3.12. The highest BCUT2D eigenvalue weighted by Crippen LogP contribution is 2.31. The summed E-state index contributed by atoms with van der Waals surface area (Å²) in [5, 5.41) is 46.9. The fourth-order valence-corrected chi connectivity index (χ4v) is 1.93. The van der Waals surface area contributed by atoms with E-state index in [9.17, 15) is 15.3 Å². The zero-order chi connectivity index (χ0) is 15.4. The third-order valence-corrected chi connectivity index (χ3v) is 3.10. The van der Waals surface area contributed by atoms with E-state index in [4.69, 9.17) is 14.8 Å². The van der Waals surface area contributed by atoms with Crippen molar-refractivity contribution in [2.45, 2.75) is 18.3 Å². The normalized spacial score (nSPS) is 15.2. The number of rotatable bonds is 5. The minimum Gasteiger partial charge on any atom is -0.457 e. The van der Waals surface area contributed by atoms with E-state index < -0.39 is 24.9 Å². The van der Waals surface area contributed by atoms with Crippen LogP contribution in [0.5, 0.6) is 0 Å². The van der Waals surface area contributed by atoms with Crippen molar-refractivity contribution >= 4 is 0 Å². The van der Waals surface area contributed by atoms with Gasteiger partial charge < -0.3 is 24.8 Å². The first-order valence-corrected chi connectivity index (χ1v) is 6.32. The highest BCUT2D eigenvalue weighted by atomic mass is 16.4. The molecule has 6 nitrogen and oxygen atoms in total. The van der Waals surface area contributed by atoms with Gasteiger partial charge in [0.2, 0.25) is 0 Å². The maximum Gasteiger partial charge on any atom is 0.152 e. The highest BCUT2D eigenvalue weighted by Gasteiger charge is 2.29. The summed E-state index contributed by atoms with van der Waals surface area (Å²) in [6, 6.07) is 12.1. The predicted molar refractivity (Wildman–Crippen MR) is 72.9 cm³/mol. The molecule has 1 aromatic carbocycles. The molecule has 0 spiro atoms. The molecule has 0 saturated heterocycles. The lowest BCUT2D eigenvalue weighted by atomic mass is 10.1. The van der Waals surface area contributed by atoms with Gasteiger partial charge in [-0.05, 0) is 0 Å². The molecule has 1 heterocycles. The topological polar surface area (TPSA) is 118 Å². The largest absolute Gasteiger partial charge is 0.457 e. The van der Waals surface area contributed by atoms with Crippen molar-refractivity contribution in [1.82, 2.24) is 0 Å². The first-order chi connectivity index (χ1) is 10.1. The SMILES string of the molecule is N#Cc1cc(C(O)C(O)C(O)CO)oc1-c1ccccc1. The van der Waals surface area contributed by atoms with Gasteiger partial charge in [0.05, 0.1) is 12.2 Å². The zero-order valence-corrected chi connectivity index (χ0v) is 11.0. The van der Waals surface area contributed by atoms with Gasteiger partial charge >= 0.3 is 0 Å². The lowest BCUT2D eigenvalue weighted by Crippen LogP contribution is -2.34. The van der Waals surface area contributed by atoms with Crippen molar-refractivity contribution in [3.8, 4) is 17.4 Å². The lowest BCUT2D eigenvalue weighted by Gasteiger charge is -2.19. The van der Waals surface area contributed by atoms with Crippen LogP contribution in [0, 0.1) is 11.3 Å². The summed E-state index contributed by atoms with van der Waals surface area (Å²) in [4.78, 5) is 0. The Labute approximate surface area is 121 Å². The molecule has 0 radical (unpaired) electrons. The van der Waals surface area contributed by atoms with Crippen LogP contribution in [-0.2, 0) is 0 Å². The molecule has 2 rings (SSSR count). The molecule has 21 heavy (non-hydrogen) atoms. The molecular formula is C15H15NO5. The minimum atomic E-state index is -1.61. The maximum atomic E-state index is 9.95. The smallest absolute Gasteiger partial charge is 0.152 e. The van der Waals surface area contributed by atoms with Gasteiger partial charge in [-0.2, -0.15) is 5.26 Å². The average Bonchev–Trinajstić information content (AvgIpc) is 2.97. The van der Waals surface area contributed by atoms with Gasteiger partial charge in [0, 0.05) is 11.6 Å². The van der Waals surface area contributed by atoms with Crippen LogP contribution in [0.4, 0.5) is 0 Å². The molecule has 0 bridgehead atoms. The number of benzene rings is 1. The molecule has 0 aliphatic heterocycles. The molecule has 0 aliphatic rings. The Morgan fingerprint density at radius 1 is 1.14 bits per heavy atom.